The maximum Gasteiger partial charge on any atom is 0.337 e. The molecule has 1 heterocycles. The van der Waals surface area contributed by atoms with Gasteiger partial charge in [-0.2, -0.15) is 10.2 Å². The predicted molar refractivity (Wildman–Crippen MR) is 74.1 cm³/mol. The molecule has 0 unspecified atom stereocenters. The summed E-state index contributed by atoms with van der Waals surface area (Å²) >= 11 is 0. The van der Waals surface area contributed by atoms with Gasteiger partial charge < -0.3 is 4.74 Å². The molecule has 0 saturated carbocycles. The van der Waals surface area contributed by atoms with Crippen molar-refractivity contribution in [2.75, 3.05) is 11.3 Å². The molecule has 21 heavy (non-hydrogen) atoms. The number of nitrogens with one attached hydrogen (secondary N) is 2. The van der Waals surface area contributed by atoms with Gasteiger partial charge in [0.15, 0.2) is 0 Å². The van der Waals surface area contributed by atoms with Gasteiger partial charge in [0.25, 0.3) is 10.0 Å². The zero-order chi connectivity index (χ0) is 15.3. The molecular formula is C12H13N5O3S. The van der Waals surface area contributed by atoms with E-state index in [-0.39, 0.29) is 23.3 Å². The first-order valence-corrected chi connectivity index (χ1v) is 7.57. The summed E-state index contributed by atoms with van der Waals surface area (Å²) in [7, 11) is -3.77. The first-order valence-electron chi connectivity index (χ1n) is 6.09. The summed E-state index contributed by atoms with van der Waals surface area (Å²) in [6.45, 7) is 2.15. The second kappa shape index (κ2) is 6.23. The number of hydrogen-bond donors (Lipinski definition) is 2. The fourth-order valence-electron chi connectivity index (χ4n) is 1.55. The molecule has 110 valence electrons. The van der Waals surface area contributed by atoms with Crippen LogP contribution in [0.1, 0.15) is 12.5 Å². The molecule has 2 rings (SSSR count). The fraction of sp³-hybridized carbons (Fsp3) is 0.250. The minimum Gasteiger partial charge on any atom is -0.463 e. The van der Waals surface area contributed by atoms with E-state index in [0.717, 1.165) is 5.56 Å². The highest BCUT2D eigenvalue weighted by Crippen LogP contribution is 2.15. The highest BCUT2D eigenvalue weighted by molar-refractivity contribution is 7.92. The minimum atomic E-state index is -3.77. The van der Waals surface area contributed by atoms with E-state index < -0.39 is 10.0 Å². The SMILES string of the molecule is CCOc1n[nH]c(NS(=O)(=O)c2ccc(CC#N)cc2)n1. The van der Waals surface area contributed by atoms with Crippen molar-refractivity contribution in [3.8, 4) is 12.1 Å². The van der Waals surface area contributed by atoms with Gasteiger partial charge in [-0.3, -0.25) is 0 Å². The van der Waals surface area contributed by atoms with Crippen LogP contribution in [0.3, 0.4) is 0 Å². The summed E-state index contributed by atoms with van der Waals surface area (Å²) in [5.41, 5.74) is 0.745. The van der Waals surface area contributed by atoms with E-state index in [4.69, 9.17) is 10.00 Å². The predicted octanol–water partition coefficient (Wildman–Crippen LogP) is 1.07. The molecular weight excluding hydrogens is 294 g/mol. The van der Waals surface area contributed by atoms with E-state index in [9.17, 15) is 8.42 Å². The molecule has 0 amide bonds. The molecule has 2 aromatic rings. The molecule has 9 heteroatoms. The number of aromatic amines is 1. The van der Waals surface area contributed by atoms with Crippen LogP contribution in [-0.2, 0) is 16.4 Å². The number of benzene rings is 1. The van der Waals surface area contributed by atoms with Crippen molar-refractivity contribution < 1.29 is 13.2 Å². The number of nitriles is 1. The minimum absolute atomic E-state index is 0.0282. The van der Waals surface area contributed by atoms with E-state index in [2.05, 4.69) is 19.9 Å². The van der Waals surface area contributed by atoms with Gasteiger partial charge in [0.2, 0.25) is 5.95 Å². The van der Waals surface area contributed by atoms with Crippen LogP contribution in [0.4, 0.5) is 5.95 Å². The van der Waals surface area contributed by atoms with Gasteiger partial charge in [0.1, 0.15) is 0 Å². The summed E-state index contributed by atoms with van der Waals surface area (Å²) in [4.78, 5) is 3.90. The summed E-state index contributed by atoms with van der Waals surface area (Å²) in [6, 6.07) is 8.09. The Balaban J connectivity index is 2.15. The van der Waals surface area contributed by atoms with Crippen LogP contribution >= 0.6 is 0 Å². The van der Waals surface area contributed by atoms with Gasteiger partial charge >= 0.3 is 6.01 Å². The second-order valence-electron chi connectivity index (χ2n) is 3.98. The quantitative estimate of drug-likeness (QED) is 0.823. The molecule has 0 aliphatic heterocycles. The molecule has 0 aliphatic carbocycles. The van der Waals surface area contributed by atoms with Gasteiger partial charge in [0, 0.05) is 0 Å². The van der Waals surface area contributed by atoms with Crippen molar-refractivity contribution in [1.29, 1.82) is 5.26 Å². The Kier molecular flexibility index (Phi) is 4.39. The maximum absolute atomic E-state index is 12.1. The van der Waals surface area contributed by atoms with Crippen molar-refractivity contribution in [3.63, 3.8) is 0 Å². The van der Waals surface area contributed by atoms with Gasteiger partial charge in [-0.25, -0.2) is 18.2 Å². The van der Waals surface area contributed by atoms with E-state index in [0.29, 0.717) is 6.61 Å². The summed E-state index contributed by atoms with van der Waals surface area (Å²) < 4.78 is 31.6. The average molecular weight is 307 g/mol. The van der Waals surface area contributed by atoms with Crippen LogP contribution in [-0.4, -0.2) is 30.2 Å². The largest absolute Gasteiger partial charge is 0.463 e. The van der Waals surface area contributed by atoms with Crippen molar-refractivity contribution in [3.05, 3.63) is 29.8 Å². The van der Waals surface area contributed by atoms with Gasteiger partial charge in [-0.1, -0.05) is 12.1 Å². The Morgan fingerprint density at radius 3 is 2.71 bits per heavy atom. The highest BCUT2D eigenvalue weighted by Gasteiger charge is 2.16. The zero-order valence-electron chi connectivity index (χ0n) is 11.2. The topological polar surface area (TPSA) is 121 Å². The number of ether oxygens (including phenoxy) is 1. The van der Waals surface area contributed by atoms with E-state index >= 15 is 0 Å². The Morgan fingerprint density at radius 2 is 2.10 bits per heavy atom. The number of hydrogen-bond acceptors (Lipinski definition) is 6. The smallest absolute Gasteiger partial charge is 0.337 e. The second-order valence-corrected chi connectivity index (χ2v) is 5.67. The molecule has 1 aromatic carbocycles. The Labute approximate surface area is 121 Å². The number of anilines is 1. The fourth-order valence-corrected chi connectivity index (χ4v) is 2.51. The van der Waals surface area contributed by atoms with Crippen LogP contribution < -0.4 is 9.46 Å². The molecule has 1 aromatic heterocycles. The lowest BCUT2D eigenvalue weighted by Gasteiger charge is -2.05. The third-order valence-corrected chi connectivity index (χ3v) is 3.84. The normalized spacial score (nSPS) is 10.9. The first kappa shape index (κ1) is 14.8. The van der Waals surface area contributed by atoms with Crippen LogP contribution in [0.15, 0.2) is 29.2 Å². The molecule has 0 atom stereocenters. The average Bonchev–Trinajstić information content (AvgIpc) is 2.87. The third kappa shape index (κ3) is 3.70. The molecule has 0 saturated heterocycles. The Bertz CT molecular complexity index is 746. The van der Waals surface area contributed by atoms with E-state index in [1.54, 1.807) is 19.1 Å². The summed E-state index contributed by atoms with van der Waals surface area (Å²) in [5.74, 6) is -0.0282. The number of nitrogens with zero attached hydrogens (tertiary/aromatic N) is 3. The number of H-pyrrole nitrogens is 1. The molecule has 8 nitrogen and oxygen atoms in total. The Morgan fingerprint density at radius 1 is 1.38 bits per heavy atom. The molecule has 2 N–H and O–H groups in total. The molecule has 0 fully saturated rings. The van der Waals surface area contributed by atoms with Crippen molar-refractivity contribution >= 4 is 16.0 Å². The monoisotopic (exact) mass is 307 g/mol. The zero-order valence-corrected chi connectivity index (χ0v) is 12.0. The third-order valence-electron chi connectivity index (χ3n) is 2.49. The van der Waals surface area contributed by atoms with Crippen molar-refractivity contribution in [2.45, 2.75) is 18.2 Å². The van der Waals surface area contributed by atoms with Crippen LogP contribution in [0.5, 0.6) is 6.01 Å². The van der Waals surface area contributed by atoms with E-state index in [1.807, 2.05) is 6.07 Å². The van der Waals surface area contributed by atoms with Crippen molar-refractivity contribution in [1.82, 2.24) is 15.2 Å². The molecule has 0 bridgehead atoms. The molecule has 0 radical (unpaired) electrons. The van der Waals surface area contributed by atoms with Crippen LogP contribution in [0, 0.1) is 11.3 Å². The summed E-state index contributed by atoms with van der Waals surface area (Å²) in [6.07, 6.45) is 0.230. The van der Waals surface area contributed by atoms with Gasteiger partial charge in [-0.15, -0.1) is 5.10 Å². The first-order chi connectivity index (χ1) is 10.0. The summed E-state index contributed by atoms with van der Waals surface area (Å²) in [5, 5.41) is 14.7. The standard InChI is InChI=1S/C12H13N5O3S/c1-2-20-12-14-11(15-16-12)17-21(18,19)10-5-3-9(4-6-10)7-8-13/h3-6H,2,7H2,1H3,(H2,14,15,16,17). The van der Waals surface area contributed by atoms with Crippen LogP contribution in [0.25, 0.3) is 0 Å². The lowest BCUT2D eigenvalue weighted by molar-refractivity contribution is 0.314. The van der Waals surface area contributed by atoms with Gasteiger partial charge in [0.05, 0.1) is 24.0 Å². The molecule has 0 aliphatic rings. The lowest BCUT2D eigenvalue weighted by atomic mass is 10.2. The number of aromatic nitrogens is 3. The van der Waals surface area contributed by atoms with E-state index in [1.165, 1.54) is 12.1 Å². The maximum atomic E-state index is 12.1. The molecule has 0 spiro atoms. The van der Waals surface area contributed by atoms with Gasteiger partial charge in [-0.05, 0) is 24.6 Å². The number of sulfonamides is 1. The van der Waals surface area contributed by atoms with Crippen LogP contribution in [0.2, 0.25) is 0 Å². The lowest BCUT2D eigenvalue weighted by Crippen LogP contribution is -2.14. The Hall–Kier alpha value is -2.60. The number of rotatable bonds is 6. The highest BCUT2D eigenvalue weighted by atomic mass is 32.2. The van der Waals surface area contributed by atoms with Crippen molar-refractivity contribution in [2.24, 2.45) is 0 Å².